The molecule has 0 amide bonds. The lowest BCUT2D eigenvalue weighted by atomic mass is 9.59. The number of hydrogen-bond donors (Lipinski definition) is 0. The van der Waals surface area contributed by atoms with Crippen molar-refractivity contribution in [2.24, 2.45) is 11.8 Å². The normalized spacial score (nSPS) is 27.2. The second-order valence-corrected chi connectivity index (χ2v) is 11.0. The van der Waals surface area contributed by atoms with Crippen molar-refractivity contribution in [1.82, 2.24) is 0 Å². The van der Waals surface area contributed by atoms with Crippen LogP contribution < -0.4 is 0 Å². The van der Waals surface area contributed by atoms with E-state index in [2.05, 4.69) is 0 Å². The molecule has 7 rings (SSSR count). The van der Waals surface area contributed by atoms with E-state index in [1.807, 2.05) is 60.7 Å². The Morgan fingerprint density at radius 2 is 0.872 bits per heavy atom. The Kier molecular flexibility index (Phi) is 5.25. The standard InChI is InChI=1S/C33H20Cl2O4/c34-23-15-11-21(12-16-23)32-25(19-7-3-1-4-8-19)26(20-9-5-2-6-10-20)33(31(32)38,22-13-17-24(35)18-14-22)28-27(32)29(36)39-30(28)37/h1-18,27-28H/t27-,28-,32-,33+/m1/s1. The SMILES string of the molecule is O=C1OC(=O)[C@H]2[C@H]1[C@@]1(c3ccc(Cl)cc3)C(=O)[C@]2(c2ccc(Cl)cc2)C(c2ccccc2)=C1c1ccccc1. The average Bonchev–Trinajstić information content (AvgIpc) is 3.49. The highest BCUT2D eigenvalue weighted by Crippen LogP contribution is 2.74. The summed E-state index contributed by atoms with van der Waals surface area (Å²) < 4.78 is 5.36. The van der Waals surface area contributed by atoms with Crippen LogP contribution in [-0.2, 0) is 30.0 Å². The molecular weight excluding hydrogens is 531 g/mol. The monoisotopic (exact) mass is 550 g/mol. The maximum atomic E-state index is 15.4. The zero-order valence-corrected chi connectivity index (χ0v) is 21.9. The first-order chi connectivity index (χ1) is 18.9. The summed E-state index contributed by atoms with van der Waals surface area (Å²) in [7, 11) is 0. The van der Waals surface area contributed by atoms with Gasteiger partial charge < -0.3 is 4.74 Å². The molecule has 1 aliphatic heterocycles. The van der Waals surface area contributed by atoms with Gasteiger partial charge >= 0.3 is 11.9 Å². The van der Waals surface area contributed by atoms with Gasteiger partial charge in [-0.25, -0.2) is 0 Å². The Hall–Kier alpha value is -3.99. The number of allylic oxidation sites excluding steroid dienone is 2. The second-order valence-electron chi connectivity index (χ2n) is 10.1. The number of Topliss-reactive ketones (excluding diaryl/α,β-unsaturated/α-hetero) is 1. The third-order valence-corrected chi connectivity index (χ3v) is 8.96. The molecule has 190 valence electrons. The van der Waals surface area contributed by atoms with Gasteiger partial charge in [0.1, 0.15) is 0 Å². The van der Waals surface area contributed by atoms with Crippen LogP contribution in [0.1, 0.15) is 22.3 Å². The minimum absolute atomic E-state index is 0.225. The molecular formula is C33H20Cl2O4. The molecule has 1 saturated heterocycles. The van der Waals surface area contributed by atoms with E-state index in [4.69, 9.17) is 27.9 Å². The van der Waals surface area contributed by atoms with Crippen LogP contribution in [0.4, 0.5) is 0 Å². The van der Waals surface area contributed by atoms with Crippen molar-refractivity contribution in [2.45, 2.75) is 10.8 Å². The summed E-state index contributed by atoms with van der Waals surface area (Å²) in [5.74, 6) is -3.69. The van der Waals surface area contributed by atoms with E-state index >= 15 is 4.79 Å². The highest BCUT2D eigenvalue weighted by molar-refractivity contribution is 6.35. The predicted octanol–water partition coefficient (Wildman–Crippen LogP) is 6.69. The lowest BCUT2D eigenvalue weighted by Crippen LogP contribution is -2.41. The minimum atomic E-state index is -1.48. The van der Waals surface area contributed by atoms with E-state index in [0.29, 0.717) is 32.3 Å². The molecule has 0 N–H and O–H groups in total. The van der Waals surface area contributed by atoms with Gasteiger partial charge in [-0.3, -0.25) is 14.4 Å². The fourth-order valence-corrected chi connectivity index (χ4v) is 7.42. The van der Waals surface area contributed by atoms with E-state index < -0.39 is 34.6 Å². The van der Waals surface area contributed by atoms with Crippen molar-refractivity contribution >= 4 is 52.1 Å². The van der Waals surface area contributed by atoms with Crippen LogP contribution in [0.2, 0.25) is 10.0 Å². The maximum absolute atomic E-state index is 15.4. The molecule has 2 fully saturated rings. The number of carbonyl (C=O) groups excluding carboxylic acids is 3. The first kappa shape index (κ1) is 24.1. The fraction of sp³-hybridized carbons (Fsp3) is 0.121. The van der Waals surface area contributed by atoms with Crippen LogP contribution in [0.3, 0.4) is 0 Å². The van der Waals surface area contributed by atoms with Crippen molar-refractivity contribution in [1.29, 1.82) is 0 Å². The summed E-state index contributed by atoms with van der Waals surface area (Å²) in [6.07, 6.45) is 0. The zero-order valence-electron chi connectivity index (χ0n) is 20.4. The van der Waals surface area contributed by atoms with Gasteiger partial charge in [-0.05, 0) is 57.7 Å². The number of rotatable bonds is 4. The van der Waals surface area contributed by atoms with Gasteiger partial charge in [0, 0.05) is 10.0 Å². The molecule has 4 aromatic rings. The Morgan fingerprint density at radius 3 is 1.23 bits per heavy atom. The number of esters is 2. The van der Waals surface area contributed by atoms with E-state index in [1.165, 1.54) is 0 Å². The number of fused-ring (bicyclic) bond motifs is 5. The Labute approximate surface area is 234 Å². The summed E-state index contributed by atoms with van der Waals surface area (Å²) in [6, 6.07) is 33.1. The van der Waals surface area contributed by atoms with E-state index in [1.54, 1.807) is 48.5 Å². The van der Waals surface area contributed by atoms with Crippen LogP contribution in [-0.4, -0.2) is 17.7 Å². The third kappa shape index (κ3) is 2.99. The molecule has 0 aromatic heterocycles. The molecule has 1 saturated carbocycles. The first-order valence-corrected chi connectivity index (χ1v) is 13.4. The summed E-state index contributed by atoms with van der Waals surface area (Å²) in [4.78, 5) is 42.6. The molecule has 4 nitrogen and oxygen atoms in total. The summed E-state index contributed by atoms with van der Waals surface area (Å²) in [5, 5.41) is 0.996. The van der Waals surface area contributed by atoms with Crippen LogP contribution in [0, 0.1) is 11.8 Å². The predicted molar refractivity (Wildman–Crippen MR) is 149 cm³/mol. The molecule has 3 aliphatic rings. The molecule has 4 aromatic carbocycles. The highest BCUT2D eigenvalue weighted by atomic mass is 35.5. The minimum Gasteiger partial charge on any atom is -0.393 e. The second kappa shape index (κ2) is 8.51. The summed E-state index contributed by atoms with van der Waals surface area (Å²) in [5.41, 5.74) is 1.21. The number of ether oxygens (including phenoxy) is 1. The van der Waals surface area contributed by atoms with Gasteiger partial charge in [-0.15, -0.1) is 0 Å². The lowest BCUT2D eigenvalue weighted by molar-refractivity contribution is -0.156. The molecule has 2 aliphatic carbocycles. The molecule has 0 radical (unpaired) electrons. The fourth-order valence-electron chi connectivity index (χ4n) is 7.17. The third-order valence-electron chi connectivity index (χ3n) is 8.45. The molecule has 1 heterocycles. The first-order valence-electron chi connectivity index (χ1n) is 12.6. The maximum Gasteiger partial charge on any atom is 0.319 e. The van der Waals surface area contributed by atoms with Crippen LogP contribution in [0.15, 0.2) is 109 Å². The largest absolute Gasteiger partial charge is 0.393 e. The van der Waals surface area contributed by atoms with Gasteiger partial charge in [-0.1, -0.05) is 108 Å². The van der Waals surface area contributed by atoms with Crippen molar-refractivity contribution in [3.8, 4) is 0 Å². The average molecular weight is 551 g/mol. The van der Waals surface area contributed by atoms with Gasteiger partial charge in [0.2, 0.25) is 0 Å². The quantitative estimate of drug-likeness (QED) is 0.210. The Bertz CT molecular complexity index is 1570. The van der Waals surface area contributed by atoms with Crippen molar-refractivity contribution in [3.05, 3.63) is 141 Å². The number of cyclic esters (lactones) is 2. The molecule has 0 spiro atoms. The zero-order chi connectivity index (χ0) is 26.9. The number of halogens is 2. The topological polar surface area (TPSA) is 60.4 Å². The van der Waals surface area contributed by atoms with Crippen LogP contribution >= 0.6 is 23.2 Å². The van der Waals surface area contributed by atoms with Gasteiger partial charge in [0.15, 0.2) is 5.78 Å². The number of carbonyl (C=O) groups is 3. The van der Waals surface area contributed by atoms with Gasteiger partial charge in [0.25, 0.3) is 0 Å². The van der Waals surface area contributed by atoms with Gasteiger partial charge in [-0.2, -0.15) is 0 Å². The molecule has 2 bridgehead atoms. The summed E-state index contributed by atoms with van der Waals surface area (Å²) >= 11 is 12.6. The Morgan fingerprint density at radius 1 is 0.513 bits per heavy atom. The lowest BCUT2D eigenvalue weighted by Gasteiger charge is -2.38. The number of hydrogen-bond acceptors (Lipinski definition) is 4. The highest BCUT2D eigenvalue weighted by Gasteiger charge is 2.82. The smallest absolute Gasteiger partial charge is 0.319 e. The molecule has 39 heavy (non-hydrogen) atoms. The van der Waals surface area contributed by atoms with Crippen LogP contribution in [0.25, 0.3) is 11.1 Å². The van der Waals surface area contributed by atoms with Crippen molar-refractivity contribution < 1.29 is 19.1 Å². The van der Waals surface area contributed by atoms with E-state index in [9.17, 15) is 9.59 Å². The Balaban J connectivity index is 1.72. The molecule has 4 atom stereocenters. The molecule has 6 heteroatoms. The number of benzene rings is 4. The van der Waals surface area contributed by atoms with Gasteiger partial charge in [0.05, 0.1) is 22.7 Å². The van der Waals surface area contributed by atoms with E-state index in [-0.39, 0.29) is 5.78 Å². The van der Waals surface area contributed by atoms with Crippen molar-refractivity contribution in [2.75, 3.05) is 0 Å². The molecule has 0 unspecified atom stereocenters. The van der Waals surface area contributed by atoms with Crippen LogP contribution in [0.5, 0.6) is 0 Å². The van der Waals surface area contributed by atoms with E-state index in [0.717, 1.165) is 11.1 Å². The number of ketones is 1. The summed E-state index contributed by atoms with van der Waals surface area (Å²) in [6.45, 7) is 0. The van der Waals surface area contributed by atoms with Crippen molar-refractivity contribution in [3.63, 3.8) is 0 Å².